The van der Waals surface area contributed by atoms with Gasteiger partial charge in [0.25, 0.3) is 0 Å². The van der Waals surface area contributed by atoms with Gasteiger partial charge in [-0.05, 0) is 116 Å². The summed E-state index contributed by atoms with van der Waals surface area (Å²) in [5, 5.41) is 7.36. The maximum absolute atomic E-state index is 5.01. The van der Waals surface area contributed by atoms with Crippen molar-refractivity contribution in [3.05, 3.63) is 169 Å². The van der Waals surface area contributed by atoms with Crippen molar-refractivity contribution in [2.75, 3.05) is 0 Å². The highest BCUT2D eigenvalue weighted by molar-refractivity contribution is 6.16. The highest BCUT2D eigenvalue weighted by atomic mass is 14.7. The Labute approximate surface area is 268 Å². The summed E-state index contributed by atoms with van der Waals surface area (Å²) in [7, 11) is 0. The number of hydrogen-bond acceptors (Lipinski definition) is 1. The van der Waals surface area contributed by atoms with Gasteiger partial charge in [-0.25, -0.2) is 4.98 Å². The first-order valence-electron chi connectivity index (χ1n) is 16.1. The molecule has 0 saturated carbocycles. The van der Waals surface area contributed by atoms with E-state index in [1.54, 1.807) is 0 Å². The third kappa shape index (κ3) is 4.52. The van der Waals surface area contributed by atoms with Gasteiger partial charge in [-0.2, -0.15) is 0 Å². The molecule has 0 aliphatic heterocycles. The molecule has 7 aromatic carbocycles. The Balaban J connectivity index is 1.37. The van der Waals surface area contributed by atoms with Gasteiger partial charge < -0.3 is 0 Å². The van der Waals surface area contributed by atoms with Crippen LogP contribution in [0.1, 0.15) is 18.4 Å². The molecule has 9 rings (SSSR count). The molecule has 46 heavy (non-hydrogen) atoms. The normalized spacial score (nSPS) is 13.1. The highest BCUT2D eigenvalue weighted by Crippen LogP contribution is 2.43. The zero-order chi connectivity index (χ0) is 30.5. The van der Waals surface area contributed by atoms with Crippen LogP contribution in [-0.2, 0) is 0 Å². The van der Waals surface area contributed by atoms with Gasteiger partial charge in [-0.1, -0.05) is 121 Å². The van der Waals surface area contributed by atoms with Crippen molar-refractivity contribution < 1.29 is 0 Å². The van der Waals surface area contributed by atoms with Gasteiger partial charge in [-0.15, -0.1) is 0 Å². The molecule has 0 fully saturated rings. The Bertz CT molecular complexity index is 2460. The van der Waals surface area contributed by atoms with Gasteiger partial charge in [0.15, 0.2) is 0 Å². The number of allylic oxidation sites excluding steroid dienone is 4. The van der Waals surface area contributed by atoms with Gasteiger partial charge in [0.2, 0.25) is 0 Å². The summed E-state index contributed by atoms with van der Waals surface area (Å²) in [6.07, 6.45) is 9.14. The van der Waals surface area contributed by atoms with Crippen molar-refractivity contribution in [3.8, 4) is 33.4 Å². The van der Waals surface area contributed by atoms with Crippen LogP contribution in [0.3, 0.4) is 0 Å². The zero-order valence-electron chi connectivity index (χ0n) is 25.4. The minimum atomic E-state index is 1.02. The fraction of sp³-hybridized carbons (Fsp3) is 0.0444. The summed E-state index contributed by atoms with van der Waals surface area (Å²) < 4.78 is 0. The summed E-state index contributed by atoms with van der Waals surface area (Å²) >= 11 is 0. The van der Waals surface area contributed by atoms with Crippen LogP contribution in [0.15, 0.2) is 164 Å². The molecule has 0 unspecified atom stereocenters. The molecule has 1 aromatic heterocycles. The lowest BCUT2D eigenvalue weighted by atomic mass is 9.86. The van der Waals surface area contributed by atoms with Gasteiger partial charge in [-0.3, -0.25) is 0 Å². The summed E-state index contributed by atoms with van der Waals surface area (Å²) in [4.78, 5) is 5.01. The Morgan fingerprint density at radius 1 is 0.391 bits per heavy atom. The Morgan fingerprint density at radius 3 is 1.78 bits per heavy atom. The van der Waals surface area contributed by atoms with E-state index in [0.29, 0.717) is 0 Å². The topological polar surface area (TPSA) is 12.9 Å². The van der Waals surface area contributed by atoms with E-state index in [9.17, 15) is 0 Å². The molecular formula is C45H31N. The van der Waals surface area contributed by atoms with Crippen molar-refractivity contribution in [3.63, 3.8) is 0 Å². The molecule has 0 spiro atoms. The van der Waals surface area contributed by atoms with Crippen LogP contribution in [0.2, 0.25) is 0 Å². The molecule has 8 aromatic rings. The van der Waals surface area contributed by atoms with Crippen molar-refractivity contribution in [2.45, 2.75) is 12.8 Å². The molecule has 1 heterocycles. The first-order valence-corrected chi connectivity index (χ1v) is 16.1. The summed E-state index contributed by atoms with van der Waals surface area (Å²) in [5.74, 6) is 0. The van der Waals surface area contributed by atoms with Crippen LogP contribution >= 0.6 is 0 Å². The predicted octanol–water partition coefficient (Wildman–Crippen LogP) is 12.4. The van der Waals surface area contributed by atoms with Crippen LogP contribution < -0.4 is 0 Å². The lowest BCUT2D eigenvalue weighted by Gasteiger charge is -2.18. The molecule has 0 atom stereocenters. The fourth-order valence-corrected chi connectivity index (χ4v) is 7.24. The first kappa shape index (κ1) is 26.6. The number of pyridine rings is 1. The van der Waals surface area contributed by atoms with Crippen molar-refractivity contribution >= 4 is 48.9 Å². The van der Waals surface area contributed by atoms with Gasteiger partial charge in [0.1, 0.15) is 0 Å². The molecule has 0 amide bonds. The summed E-state index contributed by atoms with van der Waals surface area (Å²) in [5.41, 5.74) is 12.0. The van der Waals surface area contributed by atoms with E-state index in [1.165, 1.54) is 76.8 Å². The van der Waals surface area contributed by atoms with Crippen molar-refractivity contribution in [1.82, 2.24) is 4.98 Å². The number of benzene rings is 7. The number of para-hydroxylation sites is 2. The molecule has 0 bridgehead atoms. The number of aromatic nitrogens is 1. The summed E-state index contributed by atoms with van der Waals surface area (Å²) in [6.45, 7) is 0. The maximum atomic E-state index is 5.01. The van der Waals surface area contributed by atoms with E-state index in [0.717, 1.165) is 23.9 Å². The minimum absolute atomic E-state index is 1.02. The van der Waals surface area contributed by atoms with Crippen LogP contribution in [0.4, 0.5) is 0 Å². The predicted molar refractivity (Wildman–Crippen MR) is 197 cm³/mol. The SMILES string of the molecule is C1=CC(c2cc(-c3ccccc3)cc(-c3c4ccccc4cc4ccc(-c5c6ccccc6nc6ccccc56)cc34)c2)=CCC1. The average Bonchev–Trinajstić information content (AvgIpc) is 3.13. The quantitative estimate of drug-likeness (QED) is 0.187. The van der Waals surface area contributed by atoms with E-state index in [1.807, 2.05) is 0 Å². The smallest absolute Gasteiger partial charge is 0.0715 e. The summed E-state index contributed by atoms with van der Waals surface area (Å²) in [6, 6.07) is 53.1. The number of rotatable bonds is 4. The van der Waals surface area contributed by atoms with Crippen LogP contribution in [0.25, 0.3) is 82.3 Å². The van der Waals surface area contributed by atoms with Gasteiger partial charge in [0, 0.05) is 16.3 Å². The second-order valence-corrected chi connectivity index (χ2v) is 12.2. The van der Waals surface area contributed by atoms with Crippen molar-refractivity contribution in [1.29, 1.82) is 0 Å². The van der Waals surface area contributed by atoms with Crippen LogP contribution in [0, 0.1) is 0 Å². The maximum Gasteiger partial charge on any atom is 0.0715 e. The number of nitrogens with zero attached hydrogens (tertiary/aromatic N) is 1. The molecule has 0 radical (unpaired) electrons. The Hall–Kier alpha value is -5.79. The third-order valence-corrected chi connectivity index (χ3v) is 9.40. The lowest BCUT2D eigenvalue weighted by molar-refractivity contribution is 1.04. The zero-order valence-corrected chi connectivity index (χ0v) is 25.4. The van der Waals surface area contributed by atoms with E-state index in [4.69, 9.17) is 4.98 Å². The monoisotopic (exact) mass is 585 g/mol. The largest absolute Gasteiger partial charge is 0.248 e. The second-order valence-electron chi connectivity index (χ2n) is 12.2. The number of fused-ring (bicyclic) bond motifs is 4. The van der Waals surface area contributed by atoms with E-state index < -0.39 is 0 Å². The van der Waals surface area contributed by atoms with Gasteiger partial charge in [0.05, 0.1) is 11.0 Å². The molecule has 0 saturated heterocycles. The molecule has 216 valence electrons. The average molecular weight is 586 g/mol. The second kappa shape index (κ2) is 11.0. The molecular weight excluding hydrogens is 555 g/mol. The van der Waals surface area contributed by atoms with E-state index >= 15 is 0 Å². The number of hydrogen-bond donors (Lipinski definition) is 0. The minimum Gasteiger partial charge on any atom is -0.248 e. The Morgan fingerprint density at radius 2 is 1.02 bits per heavy atom. The Kier molecular flexibility index (Phi) is 6.35. The molecule has 1 heteroatoms. The van der Waals surface area contributed by atoms with Crippen molar-refractivity contribution in [2.24, 2.45) is 0 Å². The van der Waals surface area contributed by atoms with E-state index in [-0.39, 0.29) is 0 Å². The fourth-order valence-electron chi connectivity index (χ4n) is 7.24. The molecule has 0 N–H and O–H groups in total. The first-order chi connectivity index (χ1) is 22.8. The van der Waals surface area contributed by atoms with Gasteiger partial charge >= 0.3 is 0 Å². The van der Waals surface area contributed by atoms with Crippen LogP contribution in [0.5, 0.6) is 0 Å². The van der Waals surface area contributed by atoms with Crippen LogP contribution in [-0.4, -0.2) is 4.98 Å². The lowest BCUT2D eigenvalue weighted by Crippen LogP contribution is -1.93. The molecule has 1 nitrogen and oxygen atoms in total. The molecule has 1 aliphatic carbocycles. The standard InChI is InChI=1S/C45H31N/c1-3-13-30(14-4-1)35-26-36(31-15-5-2-6-16-31)28-37(27-35)45-38-18-8-7-17-32(38)25-33-23-24-34(29-41(33)45)44-39-19-9-11-21-42(39)46-43-22-12-10-20-40(43)44/h1,3-5,7-29H,2,6H2. The van der Waals surface area contributed by atoms with E-state index in [2.05, 4.69) is 164 Å². The third-order valence-electron chi connectivity index (χ3n) is 9.40. The highest BCUT2D eigenvalue weighted by Gasteiger charge is 2.17. The molecule has 1 aliphatic rings.